The van der Waals surface area contributed by atoms with Crippen molar-refractivity contribution >= 4 is 5.91 Å². The van der Waals surface area contributed by atoms with Gasteiger partial charge < -0.3 is 4.90 Å². The second-order valence-electron chi connectivity index (χ2n) is 6.22. The Labute approximate surface area is 105 Å². The molecular weight excluding hydrogens is 212 g/mol. The fourth-order valence-corrected chi connectivity index (χ4v) is 3.26. The fraction of sp³-hybridized carbons (Fsp3) is 0.929. The van der Waals surface area contributed by atoms with Gasteiger partial charge in [-0.3, -0.25) is 10.1 Å². The second-order valence-corrected chi connectivity index (χ2v) is 6.22. The lowest BCUT2D eigenvalue weighted by Crippen LogP contribution is -2.39. The number of hydrogen-bond donors (Lipinski definition) is 1. The summed E-state index contributed by atoms with van der Waals surface area (Å²) in [5.74, 6) is 2.20. The molecule has 2 fully saturated rings. The van der Waals surface area contributed by atoms with E-state index >= 15 is 0 Å². The maximum absolute atomic E-state index is 12.3. The van der Waals surface area contributed by atoms with Gasteiger partial charge >= 0.3 is 0 Å². The van der Waals surface area contributed by atoms with Gasteiger partial charge in [0.1, 0.15) is 0 Å². The minimum Gasteiger partial charge on any atom is -0.326 e. The molecule has 0 aromatic heterocycles. The highest BCUT2D eigenvalue weighted by atomic mass is 16.2. The molecule has 1 saturated heterocycles. The average Bonchev–Trinajstić information content (AvgIpc) is 2.77. The number of amides is 1. The van der Waals surface area contributed by atoms with Gasteiger partial charge in [0.05, 0.1) is 12.2 Å². The Morgan fingerprint density at radius 2 is 2.06 bits per heavy atom. The number of nitrogens with zero attached hydrogens (tertiary/aromatic N) is 1. The van der Waals surface area contributed by atoms with Crippen LogP contribution in [0.4, 0.5) is 0 Å². The molecule has 1 amide bonds. The third kappa shape index (κ3) is 2.49. The molecule has 3 heteroatoms. The van der Waals surface area contributed by atoms with Crippen LogP contribution in [0.25, 0.3) is 0 Å². The molecule has 0 bridgehead atoms. The molecule has 0 aromatic carbocycles. The Kier molecular flexibility index (Phi) is 3.76. The van der Waals surface area contributed by atoms with E-state index in [0.717, 1.165) is 12.5 Å². The van der Waals surface area contributed by atoms with Crippen molar-refractivity contribution in [2.24, 2.45) is 17.8 Å². The first-order valence-electron chi connectivity index (χ1n) is 7.07. The first-order valence-corrected chi connectivity index (χ1v) is 7.07. The molecular formula is C14H26N2O. The highest BCUT2D eigenvalue weighted by Crippen LogP contribution is 2.33. The van der Waals surface area contributed by atoms with Crippen molar-refractivity contribution in [2.45, 2.75) is 59.2 Å². The molecule has 98 valence electrons. The highest BCUT2D eigenvalue weighted by Gasteiger charge is 2.39. The van der Waals surface area contributed by atoms with E-state index in [2.05, 4.69) is 37.9 Å². The van der Waals surface area contributed by atoms with Crippen LogP contribution in [-0.4, -0.2) is 29.6 Å². The summed E-state index contributed by atoms with van der Waals surface area (Å²) in [5, 5.41) is 3.42. The Bertz CT molecular complexity index is 290. The van der Waals surface area contributed by atoms with Gasteiger partial charge in [-0.25, -0.2) is 0 Å². The Balaban J connectivity index is 1.99. The molecule has 1 heterocycles. The van der Waals surface area contributed by atoms with Gasteiger partial charge in [0.2, 0.25) is 5.91 Å². The maximum Gasteiger partial charge on any atom is 0.241 e. The lowest BCUT2D eigenvalue weighted by Gasteiger charge is -2.26. The van der Waals surface area contributed by atoms with Crippen molar-refractivity contribution in [3.05, 3.63) is 0 Å². The lowest BCUT2D eigenvalue weighted by atomic mass is 9.97. The van der Waals surface area contributed by atoms with Crippen molar-refractivity contribution in [3.8, 4) is 0 Å². The number of nitrogens with one attached hydrogen (secondary N) is 1. The summed E-state index contributed by atoms with van der Waals surface area (Å²) in [6, 6.07) is 0.0294. The molecule has 17 heavy (non-hydrogen) atoms. The van der Waals surface area contributed by atoms with E-state index in [1.54, 1.807) is 0 Å². The Morgan fingerprint density at radius 1 is 1.35 bits per heavy atom. The number of rotatable bonds is 3. The van der Waals surface area contributed by atoms with Crippen molar-refractivity contribution in [1.29, 1.82) is 0 Å². The van der Waals surface area contributed by atoms with Gasteiger partial charge in [0.15, 0.2) is 0 Å². The van der Waals surface area contributed by atoms with E-state index < -0.39 is 0 Å². The molecule has 3 nitrogen and oxygen atoms in total. The molecule has 1 aliphatic carbocycles. The SMILES string of the molecule is CC(C)C1NC(C)N(CC2CCCC2C)C1=O. The van der Waals surface area contributed by atoms with E-state index in [1.165, 1.54) is 19.3 Å². The van der Waals surface area contributed by atoms with Crippen molar-refractivity contribution in [3.63, 3.8) is 0 Å². The van der Waals surface area contributed by atoms with Crippen LogP contribution in [0, 0.1) is 17.8 Å². The lowest BCUT2D eigenvalue weighted by molar-refractivity contribution is -0.131. The first kappa shape index (κ1) is 12.9. The summed E-state index contributed by atoms with van der Waals surface area (Å²) in [6.07, 6.45) is 4.18. The van der Waals surface area contributed by atoms with Gasteiger partial charge in [-0.05, 0) is 31.1 Å². The van der Waals surface area contributed by atoms with Crippen LogP contribution in [0.3, 0.4) is 0 Å². The van der Waals surface area contributed by atoms with Crippen LogP contribution in [0.1, 0.15) is 47.0 Å². The second kappa shape index (κ2) is 4.97. The highest BCUT2D eigenvalue weighted by molar-refractivity contribution is 5.84. The molecule has 2 rings (SSSR count). The first-order chi connectivity index (χ1) is 8.00. The van der Waals surface area contributed by atoms with E-state index in [1.807, 2.05) is 0 Å². The maximum atomic E-state index is 12.3. The summed E-state index contributed by atoms with van der Waals surface area (Å²) >= 11 is 0. The fourth-order valence-electron chi connectivity index (χ4n) is 3.26. The molecule has 0 aromatic rings. The van der Waals surface area contributed by atoms with Crippen molar-refractivity contribution in [1.82, 2.24) is 10.2 Å². The van der Waals surface area contributed by atoms with Crippen molar-refractivity contribution < 1.29 is 4.79 Å². The summed E-state index contributed by atoms with van der Waals surface area (Å²) in [4.78, 5) is 14.4. The average molecular weight is 238 g/mol. The molecule has 4 unspecified atom stereocenters. The Morgan fingerprint density at radius 3 is 2.53 bits per heavy atom. The third-order valence-corrected chi connectivity index (χ3v) is 4.57. The van der Waals surface area contributed by atoms with E-state index in [-0.39, 0.29) is 12.2 Å². The largest absolute Gasteiger partial charge is 0.326 e. The van der Waals surface area contributed by atoms with Crippen molar-refractivity contribution in [2.75, 3.05) is 6.54 Å². The van der Waals surface area contributed by atoms with Gasteiger partial charge in [-0.1, -0.05) is 33.6 Å². The van der Waals surface area contributed by atoms with Crippen LogP contribution < -0.4 is 5.32 Å². The summed E-state index contributed by atoms with van der Waals surface area (Å²) in [6.45, 7) is 9.63. The molecule has 0 spiro atoms. The zero-order valence-electron chi connectivity index (χ0n) is 11.6. The van der Waals surface area contributed by atoms with Gasteiger partial charge in [0, 0.05) is 6.54 Å². The smallest absolute Gasteiger partial charge is 0.241 e. The molecule has 1 N–H and O–H groups in total. The van der Waals surface area contributed by atoms with Gasteiger partial charge in [0.25, 0.3) is 0 Å². The van der Waals surface area contributed by atoms with Crippen LogP contribution in [0.5, 0.6) is 0 Å². The van der Waals surface area contributed by atoms with Crippen LogP contribution in [0.15, 0.2) is 0 Å². The molecule has 2 aliphatic rings. The molecule has 0 radical (unpaired) electrons. The van der Waals surface area contributed by atoms with Crippen LogP contribution >= 0.6 is 0 Å². The topological polar surface area (TPSA) is 32.3 Å². The van der Waals surface area contributed by atoms with Crippen LogP contribution in [0.2, 0.25) is 0 Å². The van der Waals surface area contributed by atoms with E-state index in [9.17, 15) is 4.79 Å². The predicted molar refractivity (Wildman–Crippen MR) is 69.4 cm³/mol. The minimum atomic E-state index is 0.0294. The summed E-state index contributed by atoms with van der Waals surface area (Å²) < 4.78 is 0. The summed E-state index contributed by atoms with van der Waals surface area (Å²) in [5.41, 5.74) is 0. The quantitative estimate of drug-likeness (QED) is 0.817. The molecule has 1 aliphatic heterocycles. The zero-order valence-corrected chi connectivity index (χ0v) is 11.6. The van der Waals surface area contributed by atoms with E-state index in [4.69, 9.17) is 0 Å². The normalized spacial score (nSPS) is 38.4. The predicted octanol–water partition coefficient (Wildman–Crippen LogP) is 2.22. The third-order valence-electron chi connectivity index (χ3n) is 4.57. The minimum absolute atomic E-state index is 0.0294. The molecule has 1 saturated carbocycles. The Hall–Kier alpha value is -0.570. The number of carbonyl (C=O) groups is 1. The molecule has 4 atom stereocenters. The monoisotopic (exact) mass is 238 g/mol. The number of carbonyl (C=O) groups excluding carboxylic acids is 1. The van der Waals surface area contributed by atoms with Gasteiger partial charge in [-0.2, -0.15) is 0 Å². The standard InChI is InChI=1S/C14H26N2O/c1-9(2)13-14(17)16(11(4)15-13)8-12-7-5-6-10(12)3/h9-13,15H,5-8H2,1-4H3. The van der Waals surface area contributed by atoms with Gasteiger partial charge in [-0.15, -0.1) is 0 Å². The number of hydrogen-bond acceptors (Lipinski definition) is 2. The summed E-state index contributed by atoms with van der Waals surface area (Å²) in [7, 11) is 0. The van der Waals surface area contributed by atoms with E-state index in [0.29, 0.717) is 17.7 Å². The zero-order chi connectivity index (χ0) is 12.6. The van der Waals surface area contributed by atoms with Crippen LogP contribution in [-0.2, 0) is 4.79 Å².